The van der Waals surface area contributed by atoms with Gasteiger partial charge in [-0.25, -0.2) is 0 Å². The van der Waals surface area contributed by atoms with Gasteiger partial charge in [0.1, 0.15) is 0 Å². The molecule has 0 radical (unpaired) electrons. The van der Waals surface area contributed by atoms with Crippen LogP contribution >= 0.6 is 11.6 Å². The maximum atomic E-state index is 12.1. The summed E-state index contributed by atoms with van der Waals surface area (Å²) in [5.74, 6) is 1.11. The smallest absolute Gasteiger partial charge is 0.248 e. The van der Waals surface area contributed by atoms with E-state index in [1.54, 1.807) is 25.3 Å². The van der Waals surface area contributed by atoms with E-state index in [-0.39, 0.29) is 5.91 Å². The van der Waals surface area contributed by atoms with Crippen LogP contribution in [0.15, 0.2) is 42.5 Å². The molecule has 0 aliphatic heterocycles. The minimum atomic E-state index is -0.226. The lowest BCUT2D eigenvalue weighted by Crippen LogP contribution is -2.08. The second-order valence-corrected chi connectivity index (χ2v) is 5.98. The summed E-state index contributed by atoms with van der Waals surface area (Å²) in [6, 6.07) is 10.9. The minimum Gasteiger partial charge on any atom is -0.493 e. The van der Waals surface area contributed by atoms with E-state index in [9.17, 15) is 4.79 Å². The fourth-order valence-corrected chi connectivity index (χ4v) is 2.37. The number of halogens is 1. The van der Waals surface area contributed by atoms with Gasteiger partial charge in [0.15, 0.2) is 11.5 Å². The van der Waals surface area contributed by atoms with E-state index >= 15 is 0 Å². The highest BCUT2D eigenvalue weighted by Gasteiger charge is 2.06. The molecule has 0 spiro atoms. The predicted molar refractivity (Wildman–Crippen MR) is 103 cm³/mol. The standard InChI is InChI=1S/C20H22ClNO3/c1-4-11-25-18-9-6-15(12-19(18)24-3)7-10-20(23)22-17-13-16(21)8-5-14(17)2/h5-10,12-13H,4,11H2,1-3H3,(H,22,23). The molecular formula is C20H22ClNO3. The summed E-state index contributed by atoms with van der Waals surface area (Å²) in [5.41, 5.74) is 2.49. The number of anilines is 1. The first-order chi connectivity index (χ1) is 12.0. The van der Waals surface area contributed by atoms with Crippen molar-refractivity contribution in [3.63, 3.8) is 0 Å². The van der Waals surface area contributed by atoms with Crippen molar-refractivity contribution in [3.8, 4) is 11.5 Å². The van der Waals surface area contributed by atoms with E-state index in [1.807, 2.05) is 38.1 Å². The summed E-state index contributed by atoms with van der Waals surface area (Å²) in [4.78, 5) is 12.1. The van der Waals surface area contributed by atoms with Crippen molar-refractivity contribution in [2.24, 2.45) is 0 Å². The molecule has 0 unspecified atom stereocenters. The van der Waals surface area contributed by atoms with E-state index in [4.69, 9.17) is 21.1 Å². The number of benzene rings is 2. The van der Waals surface area contributed by atoms with Crippen LogP contribution in [0.5, 0.6) is 11.5 Å². The fraction of sp³-hybridized carbons (Fsp3) is 0.250. The molecule has 0 atom stereocenters. The lowest BCUT2D eigenvalue weighted by molar-refractivity contribution is -0.111. The number of amides is 1. The van der Waals surface area contributed by atoms with Gasteiger partial charge in [-0.3, -0.25) is 4.79 Å². The lowest BCUT2D eigenvalue weighted by Gasteiger charge is -2.10. The number of methoxy groups -OCH3 is 1. The maximum absolute atomic E-state index is 12.1. The third-order valence-electron chi connectivity index (χ3n) is 3.53. The number of aryl methyl sites for hydroxylation is 1. The van der Waals surface area contributed by atoms with Crippen molar-refractivity contribution >= 4 is 29.3 Å². The number of hydrogen-bond acceptors (Lipinski definition) is 3. The van der Waals surface area contributed by atoms with Crippen LogP contribution in [0.4, 0.5) is 5.69 Å². The molecule has 0 saturated carbocycles. The van der Waals surface area contributed by atoms with Crippen LogP contribution in [0.2, 0.25) is 5.02 Å². The van der Waals surface area contributed by atoms with Gasteiger partial charge in [0, 0.05) is 16.8 Å². The number of carbonyl (C=O) groups excluding carboxylic acids is 1. The molecule has 0 aliphatic carbocycles. The van der Waals surface area contributed by atoms with Gasteiger partial charge in [-0.05, 0) is 54.8 Å². The zero-order chi connectivity index (χ0) is 18.2. The largest absolute Gasteiger partial charge is 0.493 e. The van der Waals surface area contributed by atoms with Crippen molar-refractivity contribution in [2.75, 3.05) is 19.0 Å². The lowest BCUT2D eigenvalue weighted by atomic mass is 10.1. The summed E-state index contributed by atoms with van der Waals surface area (Å²) in [6.07, 6.45) is 4.12. The molecule has 2 rings (SSSR count). The van der Waals surface area contributed by atoms with Crippen molar-refractivity contribution in [1.82, 2.24) is 0 Å². The third kappa shape index (κ3) is 5.54. The Bertz CT molecular complexity index is 772. The van der Waals surface area contributed by atoms with Crippen molar-refractivity contribution in [2.45, 2.75) is 20.3 Å². The van der Waals surface area contributed by atoms with Gasteiger partial charge in [0.25, 0.3) is 0 Å². The molecule has 0 aromatic heterocycles. The molecule has 2 aromatic carbocycles. The molecule has 0 saturated heterocycles. The van der Waals surface area contributed by atoms with Gasteiger partial charge in [0.05, 0.1) is 13.7 Å². The van der Waals surface area contributed by atoms with Crippen LogP contribution in [-0.2, 0) is 4.79 Å². The Kier molecular flexibility index (Phi) is 6.90. The van der Waals surface area contributed by atoms with E-state index < -0.39 is 0 Å². The van der Waals surface area contributed by atoms with Crippen LogP contribution < -0.4 is 14.8 Å². The highest BCUT2D eigenvalue weighted by atomic mass is 35.5. The number of carbonyl (C=O) groups is 1. The molecule has 132 valence electrons. The first kappa shape index (κ1) is 18.9. The van der Waals surface area contributed by atoms with Crippen LogP contribution in [0.3, 0.4) is 0 Å². The van der Waals surface area contributed by atoms with Gasteiger partial charge in [-0.15, -0.1) is 0 Å². The molecule has 0 aliphatic rings. The van der Waals surface area contributed by atoms with E-state index in [2.05, 4.69) is 5.32 Å². The van der Waals surface area contributed by atoms with E-state index in [1.165, 1.54) is 6.08 Å². The fourth-order valence-electron chi connectivity index (χ4n) is 2.19. The monoisotopic (exact) mass is 359 g/mol. The number of ether oxygens (including phenoxy) is 2. The molecule has 1 amide bonds. The zero-order valence-corrected chi connectivity index (χ0v) is 15.4. The molecule has 5 heteroatoms. The summed E-state index contributed by atoms with van der Waals surface area (Å²) in [5, 5.41) is 3.40. The SMILES string of the molecule is CCCOc1ccc(C=CC(=O)Nc2cc(Cl)ccc2C)cc1OC. The van der Waals surface area contributed by atoms with Crippen LogP contribution in [0.25, 0.3) is 6.08 Å². The Labute approximate surface area is 153 Å². The molecule has 25 heavy (non-hydrogen) atoms. The predicted octanol–water partition coefficient (Wildman–Crippen LogP) is 5.10. The summed E-state index contributed by atoms with van der Waals surface area (Å²) < 4.78 is 11.0. The van der Waals surface area contributed by atoms with E-state index in [0.717, 1.165) is 17.5 Å². The van der Waals surface area contributed by atoms with Gasteiger partial charge < -0.3 is 14.8 Å². The molecule has 2 aromatic rings. The van der Waals surface area contributed by atoms with Crippen molar-refractivity contribution in [3.05, 3.63) is 58.6 Å². The Balaban J connectivity index is 2.07. The Hall–Kier alpha value is -2.46. The first-order valence-corrected chi connectivity index (χ1v) is 8.47. The summed E-state index contributed by atoms with van der Waals surface area (Å²) in [6.45, 7) is 4.59. The number of hydrogen-bond donors (Lipinski definition) is 1. The van der Waals surface area contributed by atoms with Gasteiger partial charge in [-0.2, -0.15) is 0 Å². The van der Waals surface area contributed by atoms with Crippen LogP contribution in [0, 0.1) is 6.92 Å². The average Bonchev–Trinajstić information content (AvgIpc) is 2.61. The minimum absolute atomic E-state index is 0.226. The highest BCUT2D eigenvalue weighted by Crippen LogP contribution is 2.28. The van der Waals surface area contributed by atoms with Gasteiger partial charge in [-0.1, -0.05) is 30.7 Å². The average molecular weight is 360 g/mol. The van der Waals surface area contributed by atoms with Crippen molar-refractivity contribution < 1.29 is 14.3 Å². The molecule has 4 nitrogen and oxygen atoms in total. The summed E-state index contributed by atoms with van der Waals surface area (Å²) in [7, 11) is 1.59. The Morgan fingerprint density at radius 1 is 1.20 bits per heavy atom. The van der Waals surface area contributed by atoms with Crippen LogP contribution in [-0.4, -0.2) is 19.6 Å². The summed E-state index contributed by atoms with van der Waals surface area (Å²) >= 11 is 5.96. The Morgan fingerprint density at radius 2 is 2.00 bits per heavy atom. The van der Waals surface area contributed by atoms with Gasteiger partial charge in [0.2, 0.25) is 5.91 Å². The van der Waals surface area contributed by atoms with Gasteiger partial charge >= 0.3 is 0 Å². The second-order valence-electron chi connectivity index (χ2n) is 5.54. The normalized spacial score (nSPS) is 10.7. The quantitative estimate of drug-likeness (QED) is 0.700. The molecule has 0 fully saturated rings. The number of rotatable bonds is 7. The first-order valence-electron chi connectivity index (χ1n) is 8.09. The Morgan fingerprint density at radius 3 is 2.72 bits per heavy atom. The topological polar surface area (TPSA) is 47.6 Å². The van der Waals surface area contributed by atoms with E-state index in [0.29, 0.717) is 28.8 Å². The third-order valence-corrected chi connectivity index (χ3v) is 3.77. The highest BCUT2D eigenvalue weighted by molar-refractivity contribution is 6.31. The van der Waals surface area contributed by atoms with Crippen LogP contribution in [0.1, 0.15) is 24.5 Å². The molecular weight excluding hydrogens is 338 g/mol. The molecule has 1 N–H and O–H groups in total. The molecule has 0 heterocycles. The maximum Gasteiger partial charge on any atom is 0.248 e. The zero-order valence-electron chi connectivity index (χ0n) is 14.6. The second kappa shape index (κ2) is 9.14. The molecule has 0 bridgehead atoms. The van der Waals surface area contributed by atoms with Crippen molar-refractivity contribution in [1.29, 1.82) is 0 Å². The number of nitrogens with one attached hydrogen (secondary N) is 1.